The van der Waals surface area contributed by atoms with Gasteiger partial charge < -0.3 is 4.74 Å². The second-order valence-electron chi connectivity index (χ2n) is 5.56. The van der Waals surface area contributed by atoms with Crippen LogP contribution in [-0.2, 0) is 6.42 Å². The lowest BCUT2D eigenvalue weighted by molar-refractivity contribution is 0.346. The summed E-state index contributed by atoms with van der Waals surface area (Å²) in [4.78, 5) is 0.430. The van der Waals surface area contributed by atoms with Crippen LogP contribution in [0.5, 0.6) is 5.75 Å². The van der Waals surface area contributed by atoms with Crippen molar-refractivity contribution in [3.63, 3.8) is 0 Å². The lowest BCUT2D eigenvalue weighted by Crippen LogP contribution is -2.11. The summed E-state index contributed by atoms with van der Waals surface area (Å²) in [5, 5.41) is 0. The predicted molar refractivity (Wildman–Crippen MR) is 81.5 cm³/mol. The predicted octanol–water partition coefficient (Wildman–Crippen LogP) is 5.26. The zero-order valence-corrected chi connectivity index (χ0v) is 13.8. The Bertz CT molecular complexity index is 458. The average Bonchev–Trinajstić information content (AvgIpc) is 2.95. The fraction of sp³-hybridized carbons (Fsp3) is 0.600. The molecule has 3 rings (SSSR count). The van der Waals surface area contributed by atoms with Crippen LogP contribution in [-0.4, -0.2) is 6.61 Å². The number of hydrogen-bond acceptors (Lipinski definition) is 1. The monoisotopic (exact) mass is 372 g/mol. The second-order valence-corrected chi connectivity index (χ2v) is 7.46. The van der Waals surface area contributed by atoms with Gasteiger partial charge in [-0.25, -0.2) is 0 Å². The van der Waals surface area contributed by atoms with Gasteiger partial charge in [-0.15, -0.1) is 0 Å². The van der Waals surface area contributed by atoms with E-state index in [4.69, 9.17) is 4.74 Å². The van der Waals surface area contributed by atoms with Crippen molar-refractivity contribution in [3.05, 3.63) is 27.7 Å². The van der Waals surface area contributed by atoms with Crippen LogP contribution in [0.1, 0.15) is 42.1 Å². The molecule has 0 N–H and O–H groups in total. The molecule has 3 unspecified atom stereocenters. The molecule has 0 radical (unpaired) electrons. The number of halogens is 2. The molecular weight excluding hydrogens is 356 g/mol. The molecular formula is C15H18Br2O. The smallest absolute Gasteiger partial charge is 0.127 e. The molecule has 1 aromatic rings. The van der Waals surface area contributed by atoms with E-state index in [2.05, 4.69) is 50.9 Å². The maximum Gasteiger partial charge on any atom is 0.127 e. The molecule has 3 atom stereocenters. The number of ether oxygens (including phenoxy) is 1. The largest absolute Gasteiger partial charge is 0.493 e. The molecule has 1 aliphatic heterocycles. The fourth-order valence-corrected chi connectivity index (χ4v) is 4.99. The normalized spacial score (nSPS) is 27.9. The topological polar surface area (TPSA) is 9.23 Å². The SMILES string of the molecule is CC1CCCC1C(Br)c1cc(Br)cc2c1OCC2. The van der Waals surface area contributed by atoms with E-state index >= 15 is 0 Å². The molecule has 98 valence electrons. The molecule has 0 amide bonds. The first kappa shape index (κ1) is 13.0. The third-order valence-corrected chi connectivity index (χ3v) is 6.01. The van der Waals surface area contributed by atoms with Crippen LogP contribution >= 0.6 is 31.9 Å². The summed E-state index contributed by atoms with van der Waals surface area (Å²) in [7, 11) is 0. The van der Waals surface area contributed by atoms with Crippen LogP contribution in [0.3, 0.4) is 0 Å². The molecule has 0 spiro atoms. The summed E-state index contributed by atoms with van der Waals surface area (Å²) in [6.45, 7) is 3.21. The van der Waals surface area contributed by atoms with E-state index in [0.717, 1.165) is 30.6 Å². The van der Waals surface area contributed by atoms with Gasteiger partial charge in [0.05, 0.1) is 6.61 Å². The van der Waals surface area contributed by atoms with Gasteiger partial charge in [-0.1, -0.05) is 51.6 Å². The van der Waals surface area contributed by atoms with Crippen molar-refractivity contribution in [1.29, 1.82) is 0 Å². The van der Waals surface area contributed by atoms with Gasteiger partial charge in [0.2, 0.25) is 0 Å². The van der Waals surface area contributed by atoms with Crippen molar-refractivity contribution in [1.82, 2.24) is 0 Å². The molecule has 1 saturated carbocycles. The molecule has 0 aromatic heterocycles. The van der Waals surface area contributed by atoms with Gasteiger partial charge in [0.25, 0.3) is 0 Å². The van der Waals surface area contributed by atoms with Crippen LogP contribution in [0.15, 0.2) is 16.6 Å². The third-order valence-electron chi connectivity index (χ3n) is 4.38. The molecule has 3 heteroatoms. The van der Waals surface area contributed by atoms with E-state index in [-0.39, 0.29) is 0 Å². The minimum absolute atomic E-state index is 0.430. The zero-order chi connectivity index (χ0) is 12.7. The highest BCUT2D eigenvalue weighted by Crippen LogP contribution is 2.49. The summed E-state index contributed by atoms with van der Waals surface area (Å²) in [5.41, 5.74) is 2.70. The molecule has 1 nitrogen and oxygen atoms in total. The second kappa shape index (κ2) is 5.16. The molecule has 1 heterocycles. The Hall–Kier alpha value is -0.0200. The maximum atomic E-state index is 5.85. The Labute approximate surface area is 126 Å². The molecule has 2 aliphatic rings. The third kappa shape index (κ3) is 2.24. The van der Waals surface area contributed by atoms with E-state index in [9.17, 15) is 0 Å². The van der Waals surface area contributed by atoms with E-state index in [1.165, 1.54) is 34.9 Å². The van der Waals surface area contributed by atoms with Gasteiger partial charge in [0.1, 0.15) is 5.75 Å². The lowest BCUT2D eigenvalue weighted by Gasteiger charge is -2.24. The van der Waals surface area contributed by atoms with Crippen LogP contribution in [0.4, 0.5) is 0 Å². The van der Waals surface area contributed by atoms with Crippen molar-refractivity contribution in [2.45, 2.75) is 37.4 Å². The van der Waals surface area contributed by atoms with Gasteiger partial charge in [0.15, 0.2) is 0 Å². The maximum absolute atomic E-state index is 5.85. The van der Waals surface area contributed by atoms with Crippen LogP contribution in [0.2, 0.25) is 0 Å². The van der Waals surface area contributed by atoms with Crippen molar-refractivity contribution >= 4 is 31.9 Å². The summed E-state index contributed by atoms with van der Waals surface area (Å²) >= 11 is 7.57. The number of alkyl halides is 1. The number of fused-ring (bicyclic) bond motifs is 1. The molecule has 0 bridgehead atoms. The van der Waals surface area contributed by atoms with Crippen LogP contribution < -0.4 is 4.74 Å². The van der Waals surface area contributed by atoms with Gasteiger partial charge in [-0.2, -0.15) is 0 Å². The Morgan fingerprint density at radius 3 is 2.89 bits per heavy atom. The number of hydrogen-bond donors (Lipinski definition) is 0. The van der Waals surface area contributed by atoms with Gasteiger partial charge in [-0.3, -0.25) is 0 Å². The fourth-order valence-electron chi connectivity index (χ4n) is 3.34. The van der Waals surface area contributed by atoms with Crippen molar-refractivity contribution < 1.29 is 4.74 Å². The Balaban J connectivity index is 1.96. The summed E-state index contributed by atoms with van der Waals surface area (Å²) < 4.78 is 7.03. The first-order valence-corrected chi connectivity index (χ1v) is 8.47. The van der Waals surface area contributed by atoms with Gasteiger partial charge >= 0.3 is 0 Å². The van der Waals surface area contributed by atoms with E-state index in [1.807, 2.05) is 0 Å². The Kier molecular flexibility index (Phi) is 3.72. The van der Waals surface area contributed by atoms with Crippen molar-refractivity contribution in [2.24, 2.45) is 11.8 Å². The molecule has 1 fully saturated rings. The average molecular weight is 374 g/mol. The van der Waals surface area contributed by atoms with Crippen LogP contribution in [0.25, 0.3) is 0 Å². The van der Waals surface area contributed by atoms with E-state index in [1.54, 1.807) is 0 Å². The number of rotatable bonds is 2. The summed E-state index contributed by atoms with van der Waals surface area (Å²) in [5.74, 6) is 2.69. The van der Waals surface area contributed by atoms with Crippen LogP contribution in [0, 0.1) is 11.8 Å². The van der Waals surface area contributed by atoms with Gasteiger partial charge in [0, 0.05) is 21.3 Å². The first-order chi connectivity index (χ1) is 8.66. The molecule has 18 heavy (non-hydrogen) atoms. The van der Waals surface area contributed by atoms with E-state index in [0.29, 0.717) is 4.83 Å². The van der Waals surface area contributed by atoms with Crippen molar-refractivity contribution in [3.8, 4) is 5.75 Å². The van der Waals surface area contributed by atoms with Gasteiger partial charge in [-0.05, 0) is 36.0 Å². The van der Waals surface area contributed by atoms with E-state index < -0.39 is 0 Å². The molecule has 0 saturated heterocycles. The van der Waals surface area contributed by atoms with Crippen molar-refractivity contribution in [2.75, 3.05) is 6.61 Å². The number of benzene rings is 1. The minimum Gasteiger partial charge on any atom is -0.493 e. The molecule has 1 aliphatic carbocycles. The zero-order valence-electron chi connectivity index (χ0n) is 10.6. The Morgan fingerprint density at radius 1 is 1.33 bits per heavy atom. The highest BCUT2D eigenvalue weighted by atomic mass is 79.9. The summed E-state index contributed by atoms with van der Waals surface area (Å²) in [6.07, 6.45) is 5.11. The molecule has 1 aromatic carbocycles. The minimum atomic E-state index is 0.430. The Morgan fingerprint density at radius 2 is 2.17 bits per heavy atom. The highest BCUT2D eigenvalue weighted by Gasteiger charge is 2.33. The lowest BCUT2D eigenvalue weighted by atomic mass is 9.90. The standard InChI is InChI=1S/C15H18Br2O/c1-9-3-2-4-12(9)14(17)13-8-11(16)7-10-5-6-18-15(10)13/h7-9,12,14H,2-6H2,1H3. The highest BCUT2D eigenvalue weighted by molar-refractivity contribution is 9.10. The first-order valence-electron chi connectivity index (χ1n) is 6.76. The summed E-state index contributed by atoms with van der Waals surface area (Å²) in [6, 6.07) is 4.43. The quantitative estimate of drug-likeness (QED) is 0.642.